The molecule has 1 amide bonds. The molecule has 122 valence electrons. The molecule has 0 aliphatic heterocycles. The number of benzene rings is 2. The number of thioether (sulfide) groups is 1. The summed E-state index contributed by atoms with van der Waals surface area (Å²) in [5, 5.41) is 2.88. The molecular weight excluding hydrogens is 306 g/mol. The standard InChI is InChI=1S/C19H23NO2S/c1-15-6-5-9-18(12-15)22-11-10-20-19(21)14-23-13-17-8-4-3-7-16(17)2/h3-9,12H,10-11,13-14H2,1-2H3,(H,20,21). The summed E-state index contributed by atoms with van der Waals surface area (Å²) < 4.78 is 5.61. The number of hydrogen-bond acceptors (Lipinski definition) is 3. The Labute approximate surface area is 142 Å². The van der Waals surface area contributed by atoms with Crippen LogP contribution in [0.4, 0.5) is 0 Å². The van der Waals surface area contributed by atoms with E-state index in [-0.39, 0.29) is 5.91 Å². The van der Waals surface area contributed by atoms with Crippen molar-refractivity contribution in [1.82, 2.24) is 5.32 Å². The number of amides is 1. The highest BCUT2D eigenvalue weighted by Gasteiger charge is 2.03. The van der Waals surface area contributed by atoms with Crippen molar-refractivity contribution in [3.8, 4) is 5.75 Å². The molecule has 0 bridgehead atoms. The molecule has 0 aliphatic rings. The summed E-state index contributed by atoms with van der Waals surface area (Å²) in [6.07, 6.45) is 0. The molecule has 0 atom stereocenters. The zero-order valence-corrected chi connectivity index (χ0v) is 14.5. The van der Waals surface area contributed by atoms with Crippen molar-refractivity contribution in [3.63, 3.8) is 0 Å². The molecule has 0 saturated carbocycles. The minimum Gasteiger partial charge on any atom is -0.492 e. The van der Waals surface area contributed by atoms with E-state index >= 15 is 0 Å². The fraction of sp³-hybridized carbons (Fsp3) is 0.316. The van der Waals surface area contributed by atoms with Gasteiger partial charge in [-0.15, -0.1) is 11.8 Å². The summed E-state index contributed by atoms with van der Waals surface area (Å²) in [6, 6.07) is 16.2. The maximum atomic E-state index is 11.8. The molecule has 23 heavy (non-hydrogen) atoms. The molecule has 3 nitrogen and oxygen atoms in total. The van der Waals surface area contributed by atoms with Gasteiger partial charge in [-0.1, -0.05) is 36.4 Å². The first-order chi connectivity index (χ1) is 11.1. The summed E-state index contributed by atoms with van der Waals surface area (Å²) in [5.41, 5.74) is 3.72. The normalized spacial score (nSPS) is 10.3. The van der Waals surface area contributed by atoms with Crippen molar-refractivity contribution < 1.29 is 9.53 Å². The van der Waals surface area contributed by atoms with Gasteiger partial charge < -0.3 is 10.1 Å². The molecule has 2 rings (SSSR count). The van der Waals surface area contributed by atoms with Crippen LogP contribution >= 0.6 is 11.8 Å². The fourth-order valence-corrected chi connectivity index (χ4v) is 3.07. The van der Waals surface area contributed by atoms with E-state index in [1.807, 2.05) is 43.3 Å². The zero-order valence-electron chi connectivity index (χ0n) is 13.7. The largest absolute Gasteiger partial charge is 0.492 e. The number of nitrogens with one attached hydrogen (secondary N) is 1. The molecular formula is C19H23NO2S. The summed E-state index contributed by atoms with van der Waals surface area (Å²) in [4.78, 5) is 11.8. The Morgan fingerprint density at radius 1 is 1.13 bits per heavy atom. The van der Waals surface area contributed by atoms with Crippen LogP contribution in [-0.4, -0.2) is 24.8 Å². The van der Waals surface area contributed by atoms with Gasteiger partial charge in [-0.2, -0.15) is 0 Å². The molecule has 4 heteroatoms. The number of hydrogen-bond donors (Lipinski definition) is 1. The van der Waals surface area contributed by atoms with E-state index in [4.69, 9.17) is 4.74 Å². The first-order valence-electron chi connectivity index (χ1n) is 7.73. The zero-order chi connectivity index (χ0) is 16.5. The molecule has 0 spiro atoms. The molecule has 0 radical (unpaired) electrons. The Kier molecular flexibility index (Phi) is 7.01. The Morgan fingerprint density at radius 2 is 1.96 bits per heavy atom. The topological polar surface area (TPSA) is 38.3 Å². The lowest BCUT2D eigenvalue weighted by Crippen LogP contribution is -2.29. The van der Waals surface area contributed by atoms with Gasteiger partial charge in [0.05, 0.1) is 12.3 Å². The predicted molar refractivity (Wildman–Crippen MR) is 97.0 cm³/mol. The summed E-state index contributed by atoms with van der Waals surface area (Å²) in [5.74, 6) is 2.23. The van der Waals surface area contributed by atoms with E-state index in [9.17, 15) is 4.79 Å². The van der Waals surface area contributed by atoms with Gasteiger partial charge in [0.15, 0.2) is 0 Å². The van der Waals surface area contributed by atoms with E-state index in [0.717, 1.165) is 11.5 Å². The number of rotatable bonds is 8. The van der Waals surface area contributed by atoms with E-state index < -0.39 is 0 Å². The molecule has 0 aromatic heterocycles. The van der Waals surface area contributed by atoms with Crippen LogP contribution in [0.1, 0.15) is 16.7 Å². The van der Waals surface area contributed by atoms with Crippen LogP contribution in [0.15, 0.2) is 48.5 Å². The minimum absolute atomic E-state index is 0.0522. The monoisotopic (exact) mass is 329 g/mol. The van der Waals surface area contributed by atoms with E-state index in [1.54, 1.807) is 11.8 Å². The van der Waals surface area contributed by atoms with Gasteiger partial charge in [-0.25, -0.2) is 0 Å². The van der Waals surface area contributed by atoms with E-state index in [2.05, 4.69) is 24.4 Å². The first-order valence-corrected chi connectivity index (χ1v) is 8.89. The molecule has 1 N–H and O–H groups in total. The number of ether oxygens (including phenoxy) is 1. The van der Waals surface area contributed by atoms with Crippen molar-refractivity contribution in [3.05, 3.63) is 65.2 Å². The van der Waals surface area contributed by atoms with Gasteiger partial charge in [0.2, 0.25) is 5.91 Å². The smallest absolute Gasteiger partial charge is 0.230 e. The second kappa shape index (κ2) is 9.26. The van der Waals surface area contributed by atoms with E-state index in [0.29, 0.717) is 18.9 Å². The molecule has 0 fully saturated rings. The molecule has 0 unspecified atom stereocenters. The van der Waals surface area contributed by atoms with E-state index in [1.165, 1.54) is 16.7 Å². The molecule has 2 aromatic carbocycles. The van der Waals surface area contributed by atoms with Gasteiger partial charge in [0, 0.05) is 5.75 Å². The van der Waals surface area contributed by atoms with Crippen LogP contribution in [-0.2, 0) is 10.5 Å². The van der Waals surface area contributed by atoms with Crippen molar-refractivity contribution in [1.29, 1.82) is 0 Å². The highest BCUT2D eigenvalue weighted by Crippen LogP contribution is 2.15. The van der Waals surface area contributed by atoms with Gasteiger partial charge in [0.1, 0.15) is 12.4 Å². The van der Waals surface area contributed by atoms with Gasteiger partial charge >= 0.3 is 0 Å². The molecule has 0 aliphatic carbocycles. The van der Waals surface area contributed by atoms with Crippen molar-refractivity contribution in [2.45, 2.75) is 19.6 Å². The predicted octanol–water partition coefficient (Wildman–Crippen LogP) is 3.73. The maximum Gasteiger partial charge on any atom is 0.230 e. The average Bonchev–Trinajstić information content (AvgIpc) is 2.53. The third-order valence-electron chi connectivity index (χ3n) is 3.43. The fourth-order valence-electron chi connectivity index (χ4n) is 2.14. The Morgan fingerprint density at radius 3 is 2.74 bits per heavy atom. The van der Waals surface area contributed by atoms with Crippen molar-refractivity contribution >= 4 is 17.7 Å². The van der Waals surface area contributed by atoms with Crippen LogP contribution in [0.5, 0.6) is 5.75 Å². The molecule has 0 saturated heterocycles. The Hall–Kier alpha value is -1.94. The van der Waals surface area contributed by atoms with Crippen LogP contribution in [0, 0.1) is 13.8 Å². The highest BCUT2D eigenvalue weighted by molar-refractivity contribution is 7.99. The summed E-state index contributed by atoms with van der Waals surface area (Å²) in [6.45, 7) is 5.13. The van der Waals surface area contributed by atoms with Crippen molar-refractivity contribution in [2.24, 2.45) is 0 Å². The molecule has 2 aromatic rings. The first kappa shape index (κ1) is 17.4. The number of carbonyl (C=O) groups excluding carboxylic acids is 1. The second-order valence-electron chi connectivity index (χ2n) is 5.43. The van der Waals surface area contributed by atoms with Gasteiger partial charge in [-0.05, 0) is 42.7 Å². The minimum atomic E-state index is 0.0522. The number of aryl methyl sites for hydroxylation is 2. The third-order valence-corrected chi connectivity index (χ3v) is 4.42. The SMILES string of the molecule is Cc1cccc(OCCNC(=O)CSCc2ccccc2C)c1. The lowest BCUT2D eigenvalue weighted by molar-refractivity contribution is -0.118. The Bertz CT molecular complexity index is 643. The van der Waals surface area contributed by atoms with Crippen LogP contribution < -0.4 is 10.1 Å². The third kappa shape index (κ3) is 6.37. The quantitative estimate of drug-likeness (QED) is 0.750. The van der Waals surface area contributed by atoms with Crippen LogP contribution in [0.25, 0.3) is 0 Å². The maximum absolute atomic E-state index is 11.8. The van der Waals surface area contributed by atoms with Crippen LogP contribution in [0.3, 0.4) is 0 Å². The Balaban J connectivity index is 1.59. The summed E-state index contributed by atoms with van der Waals surface area (Å²) in [7, 11) is 0. The highest BCUT2D eigenvalue weighted by atomic mass is 32.2. The number of carbonyl (C=O) groups is 1. The van der Waals surface area contributed by atoms with Gasteiger partial charge in [0.25, 0.3) is 0 Å². The summed E-state index contributed by atoms with van der Waals surface area (Å²) >= 11 is 1.63. The second-order valence-corrected chi connectivity index (χ2v) is 6.42. The van der Waals surface area contributed by atoms with Crippen LogP contribution in [0.2, 0.25) is 0 Å². The lowest BCUT2D eigenvalue weighted by atomic mass is 10.1. The molecule has 0 heterocycles. The average molecular weight is 329 g/mol. The van der Waals surface area contributed by atoms with Gasteiger partial charge in [-0.3, -0.25) is 4.79 Å². The lowest BCUT2D eigenvalue weighted by Gasteiger charge is -2.09. The van der Waals surface area contributed by atoms with Crippen molar-refractivity contribution in [2.75, 3.05) is 18.9 Å².